The van der Waals surface area contributed by atoms with E-state index in [0.717, 1.165) is 6.07 Å². The zero-order valence-corrected chi connectivity index (χ0v) is 11.2. The van der Waals surface area contributed by atoms with Crippen LogP contribution in [0.1, 0.15) is 16.8 Å². The van der Waals surface area contributed by atoms with Crippen LogP contribution < -0.4 is 4.90 Å². The second-order valence-electron chi connectivity index (χ2n) is 3.96. The van der Waals surface area contributed by atoms with Crippen LogP contribution in [-0.2, 0) is 9.53 Å². The van der Waals surface area contributed by atoms with Crippen LogP contribution in [0.15, 0.2) is 18.2 Å². The quantitative estimate of drug-likeness (QED) is 0.620. The third-order valence-corrected chi connectivity index (χ3v) is 3.35. The fourth-order valence-electron chi connectivity index (χ4n) is 1.86. The first kappa shape index (κ1) is 13.0. The molecular formula is C12H11BrFNO3. The van der Waals surface area contributed by atoms with Gasteiger partial charge in [0.25, 0.3) is 0 Å². The Balaban J connectivity index is 2.38. The van der Waals surface area contributed by atoms with Crippen LogP contribution in [0.25, 0.3) is 0 Å². The van der Waals surface area contributed by atoms with Gasteiger partial charge in [0.2, 0.25) is 5.91 Å². The standard InChI is InChI=1S/C12H11BrFNO3/c1-18-12(17)7-2-3-9(14)10(4-7)15-6-8(13)5-11(15)16/h2-4,8H,5-6H2,1H3. The zero-order valence-electron chi connectivity index (χ0n) is 9.65. The van der Waals surface area contributed by atoms with Crippen LogP contribution in [-0.4, -0.2) is 30.4 Å². The summed E-state index contributed by atoms with van der Waals surface area (Å²) in [5.41, 5.74) is 0.338. The summed E-state index contributed by atoms with van der Waals surface area (Å²) < 4.78 is 18.3. The largest absolute Gasteiger partial charge is 0.465 e. The van der Waals surface area contributed by atoms with Crippen molar-refractivity contribution in [2.24, 2.45) is 0 Å². The summed E-state index contributed by atoms with van der Waals surface area (Å²) in [6.07, 6.45) is 0.321. The number of ether oxygens (including phenoxy) is 1. The van der Waals surface area contributed by atoms with Crippen LogP contribution in [0.2, 0.25) is 0 Å². The van der Waals surface area contributed by atoms with Gasteiger partial charge < -0.3 is 9.64 Å². The Morgan fingerprint density at radius 1 is 1.56 bits per heavy atom. The molecule has 0 radical (unpaired) electrons. The second kappa shape index (κ2) is 5.06. The summed E-state index contributed by atoms with van der Waals surface area (Å²) >= 11 is 3.33. The number of carbonyl (C=O) groups excluding carboxylic acids is 2. The lowest BCUT2D eigenvalue weighted by Crippen LogP contribution is -2.26. The molecule has 6 heteroatoms. The number of nitrogens with zero attached hydrogens (tertiary/aromatic N) is 1. The summed E-state index contributed by atoms with van der Waals surface area (Å²) in [5.74, 6) is -1.26. The van der Waals surface area contributed by atoms with E-state index in [1.165, 1.54) is 24.1 Å². The van der Waals surface area contributed by atoms with Gasteiger partial charge in [-0.05, 0) is 18.2 Å². The van der Waals surface area contributed by atoms with Crippen molar-refractivity contribution < 1.29 is 18.7 Å². The molecule has 0 aromatic heterocycles. The topological polar surface area (TPSA) is 46.6 Å². The molecule has 1 atom stereocenters. The molecule has 1 aromatic carbocycles. The molecule has 1 heterocycles. The van der Waals surface area contributed by atoms with Crippen molar-refractivity contribution in [1.29, 1.82) is 0 Å². The minimum Gasteiger partial charge on any atom is -0.465 e. The lowest BCUT2D eigenvalue weighted by molar-refractivity contribution is -0.117. The van der Waals surface area contributed by atoms with E-state index in [1.807, 2.05) is 0 Å². The third kappa shape index (κ3) is 2.38. The van der Waals surface area contributed by atoms with E-state index < -0.39 is 11.8 Å². The molecule has 4 nitrogen and oxygen atoms in total. The molecular weight excluding hydrogens is 305 g/mol. The molecule has 18 heavy (non-hydrogen) atoms. The Bertz CT molecular complexity index is 506. The highest BCUT2D eigenvalue weighted by atomic mass is 79.9. The first-order valence-corrected chi connectivity index (χ1v) is 6.27. The molecule has 0 N–H and O–H groups in total. The van der Waals surface area contributed by atoms with Gasteiger partial charge in [-0.25, -0.2) is 9.18 Å². The van der Waals surface area contributed by atoms with E-state index in [-0.39, 0.29) is 22.0 Å². The van der Waals surface area contributed by atoms with Crippen molar-refractivity contribution in [1.82, 2.24) is 0 Å². The minimum absolute atomic E-state index is 0.00572. The van der Waals surface area contributed by atoms with Crippen LogP contribution in [0.3, 0.4) is 0 Å². The lowest BCUT2D eigenvalue weighted by Gasteiger charge is -2.17. The summed E-state index contributed by atoms with van der Waals surface area (Å²) in [6, 6.07) is 3.83. The van der Waals surface area contributed by atoms with Crippen LogP contribution in [0.5, 0.6) is 0 Å². The summed E-state index contributed by atoms with van der Waals surface area (Å²) in [4.78, 5) is 24.4. The maximum atomic E-state index is 13.7. The van der Waals surface area contributed by atoms with E-state index in [9.17, 15) is 14.0 Å². The molecule has 1 fully saturated rings. The molecule has 0 bridgehead atoms. The number of amides is 1. The maximum Gasteiger partial charge on any atom is 0.337 e. The van der Waals surface area contributed by atoms with Gasteiger partial charge in [-0.3, -0.25) is 4.79 Å². The average molecular weight is 316 g/mol. The SMILES string of the molecule is COC(=O)c1ccc(F)c(N2CC(Br)CC2=O)c1. The van der Waals surface area contributed by atoms with E-state index in [1.54, 1.807) is 0 Å². The van der Waals surface area contributed by atoms with Gasteiger partial charge in [0.15, 0.2) is 0 Å². The van der Waals surface area contributed by atoms with Crippen molar-refractivity contribution in [3.05, 3.63) is 29.6 Å². The number of rotatable bonds is 2. The molecule has 0 saturated carbocycles. The monoisotopic (exact) mass is 315 g/mol. The molecule has 1 aromatic rings. The zero-order chi connectivity index (χ0) is 13.3. The van der Waals surface area contributed by atoms with Gasteiger partial charge in [0.05, 0.1) is 18.4 Å². The first-order chi connectivity index (χ1) is 8.52. The first-order valence-electron chi connectivity index (χ1n) is 5.35. The average Bonchev–Trinajstić information content (AvgIpc) is 2.68. The Kier molecular flexibility index (Phi) is 3.65. The fraction of sp³-hybridized carbons (Fsp3) is 0.333. The second-order valence-corrected chi connectivity index (χ2v) is 5.26. The smallest absolute Gasteiger partial charge is 0.337 e. The molecule has 1 aliphatic rings. The van der Waals surface area contributed by atoms with E-state index >= 15 is 0 Å². The van der Waals surface area contributed by atoms with Gasteiger partial charge in [0, 0.05) is 17.8 Å². The molecule has 2 rings (SSSR count). The number of methoxy groups -OCH3 is 1. The Labute approximate surface area is 112 Å². The minimum atomic E-state index is -0.557. The number of carbonyl (C=O) groups is 2. The number of benzene rings is 1. The summed E-state index contributed by atoms with van der Waals surface area (Å²) in [5, 5.41) is 0. The normalized spacial score (nSPS) is 19.2. The molecule has 1 saturated heterocycles. The lowest BCUT2D eigenvalue weighted by atomic mass is 10.2. The summed E-state index contributed by atoms with van der Waals surface area (Å²) in [6.45, 7) is 0.389. The van der Waals surface area contributed by atoms with Crippen LogP contribution >= 0.6 is 15.9 Å². The van der Waals surface area contributed by atoms with Crippen molar-refractivity contribution >= 4 is 33.5 Å². The van der Waals surface area contributed by atoms with E-state index in [4.69, 9.17) is 0 Å². The molecule has 1 aliphatic heterocycles. The van der Waals surface area contributed by atoms with Crippen molar-refractivity contribution in [2.45, 2.75) is 11.2 Å². The van der Waals surface area contributed by atoms with E-state index in [2.05, 4.69) is 20.7 Å². The van der Waals surface area contributed by atoms with Crippen LogP contribution in [0, 0.1) is 5.82 Å². The fourth-order valence-corrected chi connectivity index (χ4v) is 2.43. The highest BCUT2D eigenvalue weighted by Gasteiger charge is 2.30. The van der Waals surface area contributed by atoms with Gasteiger partial charge >= 0.3 is 5.97 Å². The van der Waals surface area contributed by atoms with Gasteiger partial charge in [-0.2, -0.15) is 0 Å². The summed E-state index contributed by atoms with van der Waals surface area (Å²) in [7, 11) is 1.25. The molecule has 1 amide bonds. The molecule has 1 unspecified atom stereocenters. The van der Waals surface area contributed by atoms with Gasteiger partial charge in [-0.15, -0.1) is 0 Å². The number of halogens is 2. The highest BCUT2D eigenvalue weighted by molar-refractivity contribution is 9.09. The van der Waals surface area contributed by atoms with Crippen molar-refractivity contribution in [3.8, 4) is 0 Å². The van der Waals surface area contributed by atoms with Crippen molar-refractivity contribution in [3.63, 3.8) is 0 Å². The van der Waals surface area contributed by atoms with Crippen LogP contribution in [0.4, 0.5) is 10.1 Å². The number of alkyl halides is 1. The third-order valence-electron chi connectivity index (χ3n) is 2.74. The number of esters is 1. The Hall–Kier alpha value is -1.43. The van der Waals surface area contributed by atoms with Crippen molar-refractivity contribution in [2.75, 3.05) is 18.6 Å². The van der Waals surface area contributed by atoms with E-state index in [0.29, 0.717) is 13.0 Å². The number of hydrogen-bond acceptors (Lipinski definition) is 3. The molecule has 96 valence electrons. The number of hydrogen-bond donors (Lipinski definition) is 0. The highest BCUT2D eigenvalue weighted by Crippen LogP contribution is 2.28. The number of anilines is 1. The molecule has 0 spiro atoms. The van der Waals surface area contributed by atoms with Gasteiger partial charge in [0.1, 0.15) is 5.82 Å². The predicted octanol–water partition coefficient (Wildman–Crippen LogP) is 2.11. The maximum absolute atomic E-state index is 13.7. The Morgan fingerprint density at radius 2 is 2.28 bits per heavy atom. The Morgan fingerprint density at radius 3 is 2.83 bits per heavy atom. The molecule has 0 aliphatic carbocycles. The van der Waals surface area contributed by atoms with Gasteiger partial charge in [-0.1, -0.05) is 15.9 Å². The predicted molar refractivity (Wildman–Crippen MR) is 67.4 cm³/mol.